The average Bonchev–Trinajstić information content (AvgIpc) is 2.75. The molecule has 3 heterocycles. The van der Waals surface area contributed by atoms with Crippen LogP contribution in [0.2, 0.25) is 0 Å². The maximum absolute atomic E-state index is 13.8. The lowest BCUT2D eigenvalue weighted by Crippen LogP contribution is -2.60. The second kappa shape index (κ2) is 7.70. The molecular formula is C22H21F2N3O5. The predicted molar refractivity (Wildman–Crippen MR) is 107 cm³/mol. The van der Waals surface area contributed by atoms with Gasteiger partial charge < -0.3 is 24.6 Å². The van der Waals surface area contributed by atoms with Crippen LogP contribution in [0.25, 0.3) is 0 Å². The summed E-state index contributed by atoms with van der Waals surface area (Å²) in [4.78, 5) is 40.0. The Morgan fingerprint density at radius 1 is 1.25 bits per heavy atom. The molecule has 0 radical (unpaired) electrons. The Morgan fingerprint density at radius 2 is 2.06 bits per heavy atom. The molecule has 5 rings (SSSR count). The van der Waals surface area contributed by atoms with Gasteiger partial charge in [0.05, 0.1) is 12.6 Å². The summed E-state index contributed by atoms with van der Waals surface area (Å²) in [6, 6.07) is 2.93. The molecule has 0 spiro atoms. The van der Waals surface area contributed by atoms with E-state index in [0.717, 1.165) is 31.7 Å². The van der Waals surface area contributed by atoms with E-state index in [2.05, 4.69) is 5.32 Å². The zero-order valence-corrected chi connectivity index (χ0v) is 17.0. The summed E-state index contributed by atoms with van der Waals surface area (Å²) in [5.74, 6) is -3.72. The third kappa shape index (κ3) is 3.35. The SMILES string of the molecule is O=C(NCc1ccc(F)cc1F)c1cn2c(c(O)c1=O)C(=O)N1C3CCC[C@H](C3)OC1C2. The van der Waals surface area contributed by atoms with E-state index >= 15 is 0 Å². The number of nitrogens with one attached hydrogen (secondary N) is 1. The Hall–Kier alpha value is -3.27. The van der Waals surface area contributed by atoms with Crippen LogP contribution in [0.5, 0.6) is 5.75 Å². The summed E-state index contributed by atoms with van der Waals surface area (Å²) in [5, 5.41) is 12.9. The van der Waals surface area contributed by atoms with Crippen LogP contribution in [0.1, 0.15) is 52.1 Å². The van der Waals surface area contributed by atoms with Crippen molar-refractivity contribution in [3.63, 3.8) is 0 Å². The van der Waals surface area contributed by atoms with Gasteiger partial charge >= 0.3 is 0 Å². The van der Waals surface area contributed by atoms with Gasteiger partial charge in [-0.1, -0.05) is 6.07 Å². The Morgan fingerprint density at radius 3 is 2.84 bits per heavy atom. The molecule has 2 aliphatic heterocycles. The summed E-state index contributed by atoms with van der Waals surface area (Å²) in [5.41, 5.74) is -1.50. The van der Waals surface area contributed by atoms with E-state index in [9.17, 15) is 28.3 Å². The second-order valence-electron chi connectivity index (χ2n) is 8.39. The lowest BCUT2D eigenvalue weighted by atomic mass is 9.89. The predicted octanol–water partition coefficient (Wildman–Crippen LogP) is 1.89. The number of rotatable bonds is 3. The van der Waals surface area contributed by atoms with Crippen LogP contribution < -0.4 is 10.7 Å². The van der Waals surface area contributed by atoms with Crippen LogP contribution in [0.15, 0.2) is 29.2 Å². The first-order valence-electron chi connectivity index (χ1n) is 10.5. The average molecular weight is 445 g/mol. The maximum Gasteiger partial charge on any atom is 0.276 e. The molecule has 2 unspecified atom stereocenters. The number of amides is 2. The molecule has 3 atom stereocenters. The molecular weight excluding hydrogens is 424 g/mol. The number of aromatic nitrogens is 1. The molecule has 8 nitrogen and oxygen atoms in total. The topological polar surface area (TPSA) is 101 Å². The van der Waals surface area contributed by atoms with Gasteiger partial charge in [0.15, 0.2) is 17.7 Å². The molecule has 168 valence electrons. The Balaban J connectivity index is 1.43. The summed E-state index contributed by atoms with van der Waals surface area (Å²) < 4.78 is 34.3. The van der Waals surface area contributed by atoms with Crippen LogP contribution >= 0.6 is 0 Å². The first-order valence-corrected chi connectivity index (χ1v) is 10.5. The molecule has 1 saturated carbocycles. The molecule has 3 aliphatic rings. The summed E-state index contributed by atoms with van der Waals surface area (Å²) in [7, 11) is 0. The molecule has 32 heavy (non-hydrogen) atoms. The highest BCUT2D eigenvalue weighted by atomic mass is 19.1. The summed E-state index contributed by atoms with van der Waals surface area (Å²) in [6.45, 7) is -0.108. The van der Waals surface area contributed by atoms with Crippen molar-refractivity contribution in [2.75, 3.05) is 0 Å². The van der Waals surface area contributed by atoms with Crippen LogP contribution in [-0.4, -0.2) is 44.8 Å². The molecule has 2 bridgehead atoms. The largest absolute Gasteiger partial charge is 0.503 e. The standard InChI is InChI=1S/C22H21F2N3O5/c23-12-5-4-11(16(24)6-12)8-25-21(30)15-9-26-10-17-27(13-2-1-3-14(7-13)32-17)22(31)18(26)20(29)19(15)28/h4-6,9,13-14,17,29H,1-3,7-8,10H2,(H,25,30)/t13?,14-,17?/m1/s1. The van der Waals surface area contributed by atoms with Crippen LogP contribution in [-0.2, 0) is 17.8 Å². The van der Waals surface area contributed by atoms with E-state index in [1.807, 2.05) is 0 Å². The molecule has 1 aliphatic carbocycles. The molecule has 1 aromatic carbocycles. The number of nitrogens with zero attached hydrogens (tertiary/aromatic N) is 2. The monoisotopic (exact) mass is 445 g/mol. The second-order valence-corrected chi connectivity index (χ2v) is 8.39. The minimum absolute atomic E-state index is 0.00293. The normalized spacial score (nSPS) is 24.0. The fourth-order valence-corrected chi connectivity index (χ4v) is 4.85. The van der Waals surface area contributed by atoms with Gasteiger partial charge in [-0.15, -0.1) is 0 Å². The van der Waals surface area contributed by atoms with Crippen molar-refractivity contribution in [2.24, 2.45) is 0 Å². The Kier molecular flexibility index (Phi) is 4.96. The number of aromatic hydroxyl groups is 1. The van der Waals surface area contributed by atoms with E-state index in [1.54, 1.807) is 4.90 Å². The molecule has 2 aromatic rings. The summed E-state index contributed by atoms with van der Waals surface area (Å²) >= 11 is 0. The van der Waals surface area contributed by atoms with Gasteiger partial charge in [0, 0.05) is 30.4 Å². The van der Waals surface area contributed by atoms with Gasteiger partial charge in [0.1, 0.15) is 17.2 Å². The van der Waals surface area contributed by atoms with E-state index in [0.29, 0.717) is 6.07 Å². The molecule has 2 amide bonds. The molecule has 2 N–H and O–H groups in total. The number of hydrogen-bond acceptors (Lipinski definition) is 5. The first-order chi connectivity index (χ1) is 15.3. The molecule has 1 saturated heterocycles. The highest BCUT2D eigenvalue weighted by molar-refractivity contribution is 5.99. The van der Waals surface area contributed by atoms with Crippen molar-refractivity contribution >= 4 is 11.8 Å². The fraction of sp³-hybridized carbons (Fsp3) is 0.409. The van der Waals surface area contributed by atoms with Crippen LogP contribution in [0, 0.1) is 11.6 Å². The van der Waals surface area contributed by atoms with Crippen LogP contribution in [0.4, 0.5) is 8.78 Å². The van der Waals surface area contributed by atoms with E-state index in [1.165, 1.54) is 16.8 Å². The van der Waals surface area contributed by atoms with Gasteiger partial charge in [0.25, 0.3) is 11.8 Å². The minimum atomic E-state index is -0.987. The number of hydrogen-bond donors (Lipinski definition) is 2. The van der Waals surface area contributed by atoms with Gasteiger partial charge in [-0.25, -0.2) is 8.78 Å². The van der Waals surface area contributed by atoms with Gasteiger partial charge in [-0.2, -0.15) is 0 Å². The minimum Gasteiger partial charge on any atom is -0.503 e. The first kappa shape index (κ1) is 20.6. The highest BCUT2D eigenvalue weighted by Crippen LogP contribution is 2.37. The zero-order chi connectivity index (χ0) is 22.6. The van der Waals surface area contributed by atoms with Crippen molar-refractivity contribution in [1.82, 2.24) is 14.8 Å². The zero-order valence-electron chi connectivity index (χ0n) is 17.0. The molecule has 10 heteroatoms. The van der Waals surface area contributed by atoms with Gasteiger partial charge in [0.2, 0.25) is 5.43 Å². The lowest BCUT2D eigenvalue weighted by molar-refractivity contribution is -0.170. The van der Waals surface area contributed by atoms with Crippen molar-refractivity contribution in [3.05, 3.63) is 63.1 Å². The van der Waals surface area contributed by atoms with Crippen LogP contribution in [0.3, 0.4) is 0 Å². The summed E-state index contributed by atoms with van der Waals surface area (Å²) in [6.07, 6.45) is 4.18. The van der Waals surface area contributed by atoms with E-state index in [-0.39, 0.29) is 42.1 Å². The Bertz CT molecular complexity index is 1180. The number of carbonyl (C=O) groups is 2. The van der Waals surface area contributed by atoms with Crippen molar-refractivity contribution < 1.29 is 28.2 Å². The maximum atomic E-state index is 13.8. The quantitative estimate of drug-likeness (QED) is 0.752. The number of fused-ring (bicyclic) bond motifs is 5. The highest BCUT2D eigenvalue weighted by Gasteiger charge is 2.46. The third-order valence-corrected chi connectivity index (χ3v) is 6.40. The van der Waals surface area contributed by atoms with E-state index < -0.39 is 40.9 Å². The number of benzene rings is 1. The fourth-order valence-electron chi connectivity index (χ4n) is 4.85. The van der Waals surface area contributed by atoms with Crippen molar-refractivity contribution in [2.45, 2.75) is 57.1 Å². The van der Waals surface area contributed by atoms with Gasteiger partial charge in [-0.3, -0.25) is 14.4 Å². The Labute approximate surface area is 181 Å². The third-order valence-electron chi connectivity index (χ3n) is 6.40. The van der Waals surface area contributed by atoms with Crippen molar-refractivity contribution in [1.29, 1.82) is 0 Å². The van der Waals surface area contributed by atoms with Crippen molar-refractivity contribution in [3.8, 4) is 5.75 Å². The lowest BCUT2D eigenvalue weighted by Gasteiger charge is -2.50. The number of pyridine rings is 1. The smallest absolute Gasteiger partial charge is 0.276 e. The number of halogens is 2. The molecule has 1 aromatic heterocycles. The van der Waals surface area contributed by atoms with Gasteiger partial charge in [-0.05, 0) is 31.7 Å². The number of ether oxygens (including phenoxy) is 1. The molecule has 2 fully saturated rings. The van der Waals surface area contributed by atoms with E-state index in [4.69, 9.17) is 4.74 Å². The number of carbonyl (C=O) groups excluding carboxylic acids is 2.